The van der Waals surface area contributed by atoms with E-state index < -0.39 is 5.92 Å². The Labute approximate surface area is 114 Å². The summed E-state index contributed by atoms with van der Waals surface area (Å²) in [5.74, 6) is -0.526. The van der Waals surface area contributed by atoms with Gasteiger partial charge in [0.25, 0.3) is 0 Å². The zero-order chi connectivity index (χ0) is 12.8. The SMILES string of the molecule is CNC(=O)C(CCC=O)c1cc(Br)ccc1Cl. The second kappa shape index (κ2) is 6.77. The van der Waals surface area contributed by atoms with Crippen molar-refractivity contribution in [1.29, 1.82) is 0 Å². The van der Waals surface area contributed by atoms with E-state index in [1.165, 1.54) is 0 Å². The number of rotatable bonds is 5. The normalized spacial score (nSPS) is 11.9. The lowest BCUT2D eigenvalue weighted by Gasteiger charge is -2.16. The van der Waals surface area contributed by atoms with Crippen LogP contribution in [0.5, 0.6) is 0 Å². The maximum Gasteiger partial charge on any atom is 0.227 e. The Balaban J connectivity index is 3.06. The van der Waals surface area contributed by atoms with Crippen molar-refractivity contribution in [2.45, 2.75) is 18.8 Å². The minimum absolute atomic E-state index is 0.133. The van der Waals surface area contributed by atoms with E-state index in [1.807, 2.05) is 12.1 Å². The first kappa shape index (κ1) is 14.2. The summed E-state index contributed by atoms with van der Waals surface area (Å²) in [6.45, 7) is 0. The van der Waals surface area contributed by atoms with Gasteiger partial charge in [-0.15, -0.1) is 0 Å². The Bertz CT molecular complexity index is 423. The third-order valence-electron chi connectivity index (χ3n) is 2.47. The molecular weight excluding hydrogens is 305 g/mol. The third kappa shape index (κ3) is 3.82. The lowest BCUT2D eigenvalue weighted by atomic mass is 9.93. The van der Waals surface area contributed by atoms with Crippen molar-refractivity contribution < 1.29 is 9.59 Å². The molecule has 0 aliphatic rings. The summed E-state index contributed by atoms with van der Waals surface area (Å²) in [5.41, 5.74) is 0.738. The van der Waals surface area contributed by atoms with Crippen LogP contribution < -0.4 is 5.32 Å². The Morgan fingerprint density at radius 1 is 1.59 bits per heavy atom. The molecule has 0 bridgehead atoms. The predicted octanol–water partition coefficient (Wildman–Crippen LogP) is 2.91. The van der Waals surface area contributed by atoms with Gasteiger partial charge in [-0.3, -0.25) is 4.79 Å². The maximum absolute atomic E-state index is 11.8. The number of likely N-dealkylation sites (N-methyl/N-ethyl adjacent to an activating group) is 1. The molecule has 0 radical (unpaired) electrons. The molecule has 0 saturated heterocycles. The molecule has 0 aliphatic heterocycles. The van der Waals surface area contributed by atoms with Gasteiger partial charge < -0.3 is 10.1 Å². The Kier molecular flexibility index (Phi) is 5.65. The highest BCUT2D eigenvalue weighted by Gasteiger charge is 2.21. The first-order valence-corrected chi connectivity index (χ1v) is 6.37. The quantitative estimate of drug-likeness (QED) is 0.849. The van der Waals surface area contributed by atoms with Gasteiger partial charge >= 0.3 is 0 Å². The molecule has 1 atom stereocenters. The fraction of sp³-hybridized carbons (Fsp3) is 0.333. The molecule has 1 amide bonds. The standard InChI is InChI=1S/C12H13BrClNO2/c1-15-12(17)9(3-2-6-16)10-7-8(13)4-5-11(10)14/h4-7,9H,2-3H2,1H3,(H,15,17). The van der Waals surface area contributed by atoms with Crippen molar-refractivity contribution >= 4 is 39.7 Å². The van der Waals surface area contributed by atoms with Crippen LogP contribution in [-0.2, 0) is 9.59 Å². The molecule has 0 fully saturated rings. The highest BCUT2D eigenvalue weighted by atomic mass is 79.9. The predicted molar refractivity (Wildman–Crippen MR) is 71.3 cm³/mol. The molecule has 17 heavy (non-hydrogen) atoms. The van der Waals surface area contributed by atoms with Crippen molar-refractivity contribution in [1.82, 2.24) is 5.32 Å². The van der Waals surface area contributed by atoms with Gasteiger partial charge in [0.15, 0.2) is 0 Å². The van der Waals surface area contributed by atoms with E-state index in [2.05, 4.69) is 21.2 Å². The van der Waals surface area contributed by atoms with E-state index in [0.717, 1.165) is 16.3 Å². The summed E-state index contributed by atoms with van der Waals surface area (Å²) in [6, 6.07) is 5.36. The molecule has 1 aromatic carbocycles. The Hall–Kier alpha value is -0.870. The number of carbonyl (C=O) groups excluding carboxylic acids is 2. The summed E-state index contributed by atoms with van der Waals surface area (Å²) in [4.78, 5) is 22.2. The largest absolute Gasteiger partial charge is 0.359 e. The zero-order valence-corrected chi connectivity index (χ0v) is 11.7. The summed E-state index contributed by atoms with van der Waals surface area (Å²) in [7, 11) is 1.57. The minimum Gasteiger partial charge on any atom is -0.359 e. The number of aldehydes is 1. The minimum atomic E-state index is -0.393. The molecule has 3 nitrogen and oxygen atoms in total. The van der Waals surface area contributed by atoms with Crippen LogP contribution in [-0.4, -0.2) is 19.2 Å². The van der Waals surface area contributed by atoms with Crippen LogP contribution in [0.25, 0.3) is 0 Å². The lowest BCUT2D eigenvalue weighted by Crippen LogP contribution is -2.26. The monoisotopic (exact) mass is 317 g/mol. The number of nitrogens with one attached hydrogen (secondary N) is 1. The maximum atomic E-state index is 11.8. The number of benzene rings is 1. The van der Waals surface area contributed by atoms with Crippen molar-refractivity contribution in [2.24, 2.45) is 0 Å². The Morgan fingerprint density at radius 3 is 2.88 bits per heavy atom. The summed E-state index contributed by atoms with van der Waals surface area (Å²) < 4.78 is 0.858. The highest BCUT2D eigenvalue weighted by molar-refractivity contribution is 9.10. The van der Waals surface area contributed by atoms with E-state index in [1.54, 1.807) is 13.1 Å². The summed E-state index contributed by atoms with van der Waals surface area (Å²) in [5, 5.41) is 3.13. The molecule has 1 rings (SSSR count). The molecule has 0 spiro atoms. The summed E-state index contributed by atoms with van der Waals surface area (Å²) >= 11 is 9.43. The van der Waals surface area contributed by atoms with Gasteiger partial charge in [0.05, 0.1) is 5.92 Å². The second-order valence-electron chi connectivity index (χ2n) is 3.58. The van der Waals surface area contributed by atoms with Crippen molar-refractivity contribution in [3.63, 3.8) is 0 Å². The average Bonchev–Trinajstić information content (AvgIpc) is 2.33. The van der Waals surface area contributed by atoms with Crippen LogP contribution in [0.4, 0.5) is 0 Å². The highest BCUT2D eigenvalue weighted by Crippen LogP contribution is 2.30. The van der Waals surface area contributed by atoms with Crippen LogP contribution in [0, 0.1) is 0 Å². The Morgan fingerprint density at radius 2 is 2.29 bits per heavy atom. The van der Waals surface area contributed by atoms with Crippen molar-refractivity contribution in [2.75, 3.05) is 7.05 Å². The van der Waals surface area contributed by atoms with Crippen LogP contribution in [0.2, 0.25) is 5.02 Å². The first-order valence-electron chi connectivity index (χ1n) is 5.20. The molecule has 1 unspecified atom stereocenters. The van der Waals surface area contributed by atoms with Gasteiger partial charge in [0, 0.05) is 23.0 Å². The van der Waals surface area contributed by atoms with E-state index >= 15 is 0 Å². The van der Waals surface area contributed by atoms with Gasteiger partial charge in [0.1, 0.15) is 6.29 Å². The van der Waals surface area contributed by atoms with E-state index in [4.69, 9.17) is 11.6 Å². The van der Waals surface area contributed by atoms with Crippen molar-refractivity contribution in [3.8, 4) is 0 Å². The van der Waals surface area contributed by atoms with E-state index in [0.29, 0.717) is 17.9 Å². The molecule has 1 aromatic rings. The fourth-order valence-electron chi connectivity index (χ4n) is 1.62. The van der Waals surface area contributed by atoms with Crippen molar-refractivity contribution in [3.05, 3.63) is 33.3 Å². The van der Waals surface area contributed by atoms with Gasteiger partial charge in [-0.2, -0.15) is 0 Å². The molecule has 0 heterocycles. The number of hydrogen-bond acceptors (Lipinski definition) is 2. The smallest absolute Gasteiger partial charge is 0.227 e. The molecule has 5 heteroatoms. The molecular formula is C12H13BrClNO2. The molecule has 1 N–H and O–H groups in total. The number of hydrogen-bond donors (Lipinski definition) is 1. The molecule has 92 valence electrons. The number of amides is 1. The second-order valence-corrected chi connectivity index (χ2v) is 4.90. The zero-order valence-electron chi connectivity index (χ0n) is 9.37. The topological polar surface area (TPSA) is 46.2 Å². The average molecular weight is 319 g/mol. The first-order chi connectivity index (χ1) is 8.10. The van der Waals surface area contributed by atoms with Gasteiger partial charge in [-0.05, 0) is 30.2 Å². The van der Waals surface area contributed by atoms with Gasteiger partial charge in [-0.1, -0.05) is 27.5 Å². The van der Waals surface area contributed by atoms with E-state index in [-0.39, 0.29) is 5.91 Å². The summed E-state index contributed by atoms with van der Waals surface area (Å²) in [6.07, 6.45) is 1.60. The lowest BCUT2D eigenvalue weighted by molar-refractivity contribution is -0.122. The number of carbonyl (C=O) groups is 2. The van der Waals surface area contributed by atoms with Crippen LogP contribution in [0.1, 0.15) is 24.3 Å². The third-order valence-corrected chi connectivity index (χ3v) is 3.31. The molecule has 0 saturated carbocycles. The molecule has 0 aromatic heterocycles. The number of halogens is 2. The van der Waals surface area contributed by atoms with Crippen LogP contribution >= 0.6 is 27.5 Å². The van der Waals surface area contributed by atoms with Crippen LogP contribution in [0.15, 0.2) is 22.7 Å². The molecule has 0 aliphatic carbocycles. The van der Waals surface area contributed by atoms with Gasteiger partial charge in [0.2, 0.25) is 5.91 Å². The van der Waals surface area contributed by atoms with Crippen LogP contribution in [0.3, 0.4) is 0 Å². The fourth-order valence-corrected chi connectivity index (χ4v) is 2.25. The van der Waals surface area contributed by atoms with Gasteiger partial charge in [-0.25, -0.2) is 0 Å². The van der Waals surface area contributed by atoms with E-state index in [9.17, 15) is 9.59 Å².